The Labute approximate surface area is 43.5 Å². The van der Waals surface area contributed by atoms with Crippen molar-refractivity contribution in [2.45, 2.75) is 6.92 Å². The Hall–Kier alpha value is -0.300. The molecular weight excluding hydrogens is 99.5 g/mol. The molecule has 0 fully saturated rings. The van der Waals surface area contributed by atoms with Crippen molar-refractivity contribution in [1.29, 1.82) is 0 Å². The van der Waals surface area contributed by atoms with Gasteiger partial charge in [0.25, 0.3) is 0 Å². The lowest BCUT2D eigenvalue weighted by Crippen LogP contribution is -1.74. The fraction of sp³-hybridized carbons (Fsp3) is 0.250. The Morgan fingerprint density at radius 1 is 1.83 bits per heavy atom. The first kappa shape index (κ1) is 9.20. The van der Waals surface area contributed by atoms with E-state index >= 15 is 0 Å². The van der Waals surface area contributed by atoms with Crippen LogP contribution in [0.15, 0.2) is 12.7 Å². The van der Waals surface area contributed by atoms with Gasteiger partial charge >= 0.3 is 0 Å². The Morgan fingerprint density at radius 3 is 2.00 bits per heavy atom. The molecule has 0 atom stereocenters. The first-order chi connectivity index (χ1) is 2.27. The van der Waals surface area contributed by atoms with Crippen molar-refractivity contribution in [1.82, 2.24) is 0 Å². The number of hydrogen-bond donors (Lipinski definition) is 0. The van der Waals surface area contributed by atoms with Gasteiger partial charge < -0.3 is 0 Å². The molecule has 0 saturated carbocycles. The van der Waals surface area contributed by atoms with Gasteiger partial charge in [-0.3, -0.25) is 4.79 Å². The van der Waals surface area contributed by atoms with Crippen molar-refractivity contribution < 1.29 is 4.79 Å². The van der Waals surface area contributed by atoms with E-state index in [-0.39, 0.29) is 18.2 Å². The molecule has 0 N–H and O–H groups in total. The molecule has 2 heteroatoms. The van der Waals surface area contributed by atoms with Crippen LogP contribution in [0.25, 0.3) is 0 Å². The van der Waals surface area contributed by atoms with Gasteiger partial charge in [0, 0.05) is 0 Å². The normalized spacial score (nSPS) is 5.50. The van der Waals surface area contributed by atoms with Crippen LogP contribution in [-0.4, -0.2) is 5.78 Å². The molecule has 0 aromatic carbocycles. The van der Waals surface area contributed by atoms with Crippen molar-refractivity contribution >= 4 is 18.2 Å². The Kier molecular flexibility index (Phi) is 7.20. The highest BCUT2D eigenvalue weighted by Crippen LogP contribution is 1.60. The van der Waals surface area contributed by atoms with Crippen LogP contribution >= 0.6 is 12.4 Å². The summed E-state index contributed by atoms with van der Waals surface area (Å²) in [6.07, 6.45) is 1.28. The van der Waals surface area contributed by atoms with E-state index in [1.165, 1.54) is 13.0 Å². The number of allylic oxidation sites excluding steroid dienone is 1. The zero-order valence-corrected chi connectivity index (χ0v) is 4.42. The highest BCUT2D eigenvalue weighted by molar-refractivity contribution is 5.86. The van der Waals surface area contributed by atoms with E-state index in [1.54, 1.807) is 0 Å². The summed E-state index contributed by atoms with van der Waals surface area (Å²) in [7, 11) is 0. The first-order valence-corrected chi connectivity index (χ1v) is 1.40. The van der Waals surface area contributed by atoms with E-state index < -0.39 is 0 Å². The zero-order chi connectivity index (χ0) is 4.28. The van der Waals surface area contributed by atoms with E-state index in [4.69, 9.17) is 0 Å². The minimum Gasteiger partial charge on any atom is -0.295 e. The predicted octanol–water partition coefficient (Wildman–Crippen LogP) is 1.18. The van der Waals surface area contributed by atoms with Crippen molar-refractivity contribution in [2.75, 3.05) is 0 Å². The summed E-state index contributed by atoms with van der Waals surface area (Å²) in [5.41, 5.74) is 0. The second-order valence-electron chi connectivity index (χ2n) is 0.815. The first-order valence-electron chi connectivity index (χ1n) is 1.40. The highest BCUT2D eigenvalue weighted by atomic mass is 35.5. The summed E-state index contributed by atoms with van der Waals surface area (Å²) >= 11 is 0. The summed E-state index contributed by atoms with van der Waals surface area (Å²) in [6.45, 7) is 4.68. The van der Waals surface area contributed by atoms with E-state index in [9.17, 15) is 4.79 Å². The molecule has 0 aliphatic heterocycles. The standard InChI is InChI=1S/C4H6O.ClH/c1-3-4(2)5;/h3H,1H2,2H3;1H. The van der Waals surface area contributed by atoms with E-state index in [0.29, 0.717) is 0 Å². The van der Waals surface area contributed by atoms with Gasteiger partial charge in [-0.1, -0.05) is 6.58 Å². The zero-order valence-electron chi connectivity index (χ0n) is 3.60. The monoisotopic (exact) mass is 106 g/mol. The summed E-state index contributed by atoms with van der Waals surface area (Å²) in [5.74, 6) is 0.0185. The molecule has 0 spiro atoms. The Morgan fingerprint density at radius 2 is 2.00 bits per heavy atom. The van der Waals surface area contributed by atoms with Crippen LogP contribution in [0.3, 0.4) is 0 Å². The second-order valence-corrected chi connectivity index (χ2v) is 0.815. The topological polar surface area (TPSA) is 17.1 Å². The molecule has 0 saturated heterocycles. The van der Waals surface area contributed by atoms with E-state index in [1.807, 2.05) is 0 Å². The lowest BCUT2D eigenvalue weighted by molar-refractivity contribution is -0.112. The molecule has 0 amide bonds. The van der Waals surface area contributed by atoms with Crippen LogP contribution in [0.5, 0.6) is 0 Å². The minimum absolute atomic E-state index is 0. The number of carbonyl (C=O) groups is 1. The van der Waals surface area contributed by atoms with Gasteiger partial charge in [0.05, 0.1) is 0 Å². The van der Waals surface area contributed by atoms with Crippen LogP contribution < -0.4 is 0 Å². The largest absolute Gasteiger partial charge is 0.295 e. The summed E-state index contributed by atoms with van der Waals surface area (Å²) in [4.78, 5) is 9.69. The molecule has 36 valence electrons. The van der Waals surface area contributed by atoms with Gasteiger partial charge in [-0.2, -0.15) is 0 Å². The predicted molar refractivity (Wildman–Crippen MR) is 28.1 cm³/mol. The number of ketones is 1. The maximum Gasteiger partial charge on any atom is 0.152 e. The molecule has 0 aromatic rings. The van der Waals surface area contributed by atoms with Crippen LogP contribution in [0, 0.1) is 0 Å². The number of halogens is 1. The molecule has 0 aromatic heterocycles. The number of carbonyl (C=O) groups excluding carboxylic acids is 1. The van der Waals surface area contributed by atoms with Gasteiger partial charge in [-0.15, -0.1) is 12.4 Å². The van der Waals surface area contributed by atoms with Crippen molar-refractivity contribution in [3.05, 3.63) is 12.7 Å². The van der Waals surface area contributed by atoms with Gasteiger partial charge in [0.2, 0.25) is 0 Å². The van der Waals surface area contributed by atoms with Gasteiger partial charge in [0.15, 0.2) is 5.78 Å². The van der Waals surface area contributed by atoms with Gasteiger partial charge in [-0.25, -0.2) is 0 Å². The smallest absolute Gasteiger partial charge is 0.152 e. The lowest BCUT2D eigenvalue weighted by Gasteiger charge is -1.62. The molecule has 0 unspecified atom stereocenters. The second kappa shape index (κ2) is 4.70. The third-order valence-corrected chi connectivity index (χ3v) is 0.287. The third-order valence-electron chi connectivity index (χ3n) is 0.287. The maximum atomic E-state index is 9.69. The Balaban J connectivity index is 0. The fourth-order valence-electron chi connectivity index (χ4n) is 0. The van der Waals surface area contributed by atoms with E-state index in [0.717, 1.165) is 0 Å². The lowest BCUT2D eigenvalue weighted by atomic mass is 10.5. The maximum absolute atomic E-state index is 9.69. The average Bonchev–Trinajstić information content (AvgIpc) is 1.38. The summed E-state index contributed by atoms with van der Waals surface area (Å²) in [6, 6.07) is 0. The van der Waals surface area contributed by atoms with Gasteiger partial charge in [-0.05, 0) is 13.0 Å². The average molecular weight is 107 g/mol. The highest BCUT2D eigenvalue weighted by Gasteiger charge is 1.69. The van der Waals surface area contributed by atoms with Gasteiger partial charge in [0.1, 0.15) is 0 Å². The van der Waals surface area contributed by atoms with Crippen molar-refractivity contribution in [3.8, 4) is 0 Å². The van der Waals surface area contributed by atoms with Crippen LogP contribution in [-0.2, 0) is 4.79 Å². The molecule has 0 heterocycles. The molecule has 6 heavy (non-hydrogen) atoms. The fourth-order valence-corrected chi connectivity index (χ4v) is 0. The van der Waals surface area contributed by atoms with Crippen LogP contribution in [0.2, 0.25) is 0 Å². The van der Waals surface area contributed by atoms with Crippen molar-refractivity contribution in [2.24, 2.45) is 0 Å². The Bertz CT molecular complexity index is 58.6. The SMILES string of the molecule is C=CC(C)=O.Cl. The third kappa shape index (κ3) is 9.33. The van der Waals surface area contributed by atoms with Crippen LogP contribution in [0.4, 0.5) is 0 Å². The molecule has 0 aliphatic carbocycles. The van der Waals surface area contributed by atoms with Crippen molar-refractivity contribution in [3.63, 3.8) is 0 Å². The minimum atomic E-state index is 0. The molecule has 0 radical (unpaired) electrons. The summed E-state index contributed by atoms with van der Waals surface area (Å²) < 4.78 is 0. The molecule has 1 nitrogen and oxygen atoms in total. The van der Waals surface area contributed by atoms with E-state index in [2.05, 4.69) is 6.58 Å². The summed E-state index contributed by atoms with van der Waals surface area (Å²) in [5, 5.41) is 0. The number of hydrogen-bond acceptors (Lipinski definition) is 1. The number of rotatable bonds is 1. The quantitative estimate of drug-likeness (QED) is 0.459. The van der Waals surface area contributed by atoms with Crippen LogP contribution in [0.1, 0.15) is 6.92 Å². The molecule has 0 bridgehead atoms. The molecular formula is C4H7ClO. The molecule has 0 rings (SSSR count). The molecule has 0 aliphatic rings.